The van der Waals surface area contributed by atoms with Gasteiger partial charge in [-0.15, -0.1) is 0 Å². The van der Waals surface area contributed by atoms with Gasteiger partial charge in [0.1, 0.15) is 0 Å². The second-order valence-electron chi connectivity index (χ2n) is 6.08. The van der Waals surface area contributed by atoms with E-state index in [4.69, 9.17) is 20.9 Å². The molecular formula is C18H26N2O5. The topological polar surface area (TPSA) is 122 Å². The molecule has 0 heterocycles. The quantitative estimate of drug-likeness (QED) is 0.412. The first-order valence-electron chi connectivity index (χ1n) is 8.11. The summed E-state index contributed by atoms with van der Waals surface area (Å²) in [6.45, 7) is 5.66. The fraction of sp³-hybridized carbons (Fsp3) is 0.500. The Labute approximate surface area is 147 Å². The van der Waals surface area contributed by atoms with Gasteiger partial charge in [-0.3, -0.25) is 4.79 Å². The molecule has 138 valence electrons. The van der Waals surface area contributed by atoms with Crippen LogP contribution in [0, 0.1) is 13.8 Å². The molecule has 1 amide bonds. The third-order valence-corrected chi connectivity index (χ3v) is 4.08. The molecule has 0 aliphatic heterocycles. The molecule has 1 aromatic rings. The van der Waals surface area contributed by atoms with Crippen molar-refractivity contribution in [3.8, 4) is 0 Å². The molecule has 25 heavy (non-hydrogen) atoms. The van der Waals surface area contributed by atoms with E-state index in [2.05, 4.69) is 0 Å². The third-order valence-electron chi connectivity index (χ3n) is 4.08. The Bertz CT molecular complexity index is 648. The molecule has 7 heteroatoms. The number of carbonyl (C=O) groups is 3. The van der Waals surface area contributed by atoms with Crippen molar-refractivity contribution >= 4 is 17.8 Å². The highest BCUT2D eigenvalue weighted by Gasteiger charge is 2.45. The molecule has 4 N–H and O–H groups in total. The fourth-order valence-electron chi connectivity index (χ4n) is 2.54. The summed E-state index contributed by atoms with van der Waals surface area (Å²) in [5.41, 5.74) is 11.9. The summed E-state index contributed by atoms with van der Waals surface area (Å²) in [6.07, 6.45) is 1.42. The van der Waals surface area contributed by atoms with E-state index in [1.807, 2.05) is 6.92 Å². The van der Waals surface area contributed by atoms with Crippen LogP contribution in [0.25, 0.3) is 0 Å². The third kappa shape index (κ3) is 4.79. The number of primary amides is 1. The van der Waals surface area contributed by atoms with Gasteiger partial charge in [0.15, 0.2) is 0 Å². The number of carbonyl (C=O) groups excluding carboxylic acids is 3. The van der Waals surface area contributed by atoms with Crippen molar-refractivity contribution in [1.29, 1.82) is 0 Å². The Morgan fingerprint density at radius 1 is 1.12 bits per heavy atom. The van der Waals surface area contributed by atoms with Crippen molar-refractivity contribution in [1.82, 2.24) is 0 Å². The molecule has 0 aliphatic carbocycles. The second-order valence-corrected chi connectivity index (χ2v) is 6.08. The van der Waals surface area contributed by atoms with Gasteiger partial charge >= 0.3 is 11.9 Å². The Morgan fingerprint density at radius 2 is 1.68 bits per heavy atom. The molecule has 1 atom stereocenters. The summed E-state index contributed by atoms with van der Waals surface area (Å²) in [7, 11) is 1.17. The predicted octanol–water partition coefficient (Wildman–Crippen LogP) is 1.16. The fourth-order valence-corrected chi connectivity index (χ4v) is 2.54. The normalized spacial score (nSPS) is 13.0. The lowest BCUT2D eigenvalue weighted by molar-refractivity contribution is -0.163. The summed E-state index contributed by atoms with van der Waals surface area (Å²) in [4.78, 5) is 36.0. The van der Waals surface area contributed by atoms with Gasteiger partial charge < -0.3 is 20.9 Å². The average Bonchev–Trinajstić information content (AvgIpc) is 2.56. The highest BCUT2D eigenvalue weighted by atomic mass is 16.6. The Morgan fingerprint density at radius 3 is 2.12 bits per heavy atom. The van der Waals surface area contributed by atoms with Crippen molar-refractivity contribution in [2.45, 2.75) is 45.6 Å². The number of hydrogen-bond acceptors (Lipinski definition) is 6. The molecule has 0 aliphatic rings. The van der Waals surface area contributed by atoms with Crippen LogP contribution >= 0.6 is 0 Å². The van der Waals surface area contributed by atoms with Gasteiger partial charge in [0.05, 0.1) is 13.7 Å². The van der Waals surface area contributed by atoms with Gasteiger partial charge in [-0.05, 0) is 49.1 Å². The monoisotopic (exact) mass is 350 g/mol. The van der Waals surface area contributed by atoms with Crippen LogP contribution in [-0.2, 0) is 25.5 Å². The second kappa shape index (κ2) is 8.62. The average molecular weight is 350 g/mol. The zero-order valence-electron chi connectivity index (χ0n) is 15.2. The number of ether oxygens (including phenoxy) is 2. The Hall–Kier alpha value is -2.41. The van der Waals surface area contributed by atoms with Crippen LogP contribution in [0.2, 0.25) is 0 Å². The molecular weight excluding hydrogens is 324 g/mol. The molecule has 0 bridgehead atoms. The molecule has 1 unspecified atom stereocenters. The van der Waals surface area contributed by atoms with Crippen LogP contribution in [0.3, 0.4) is 0 Å². The Balaban J connectivity index is 3.21. The van der Waals surface area contributed by atoms with Crippen molar-refractivity contribution in [2.24, 2.45) is 11.5 Å². The highest BCUT2D eigenvalue weighted by molar-refractivity contribution is 6.05. The summed E-state index contributed by atoms with van der Waals surface area (Å²) in [6, 6.07) is 3.20. The SMILES string of the molecule is CCCCOC(=O)C(N)(Cc1c(C)cc(C(N)=O)cc1C)C(=O)OC. The van der Waals surface area contributed by atoms with Crippen LogP contribution in [0.1, 0.15) is 46.8 Å². The zero-order valence-corrected chi connectivity index (χ0v) is 15.2. The smallest absolute Gasteiger partial charge is 0.338 e. The number of amides is 1. The van der Waals surface area contributed by atoms with E-state index in [1.54, 1.807) is 26.0 Å². The largest absolute Gasteiger partial charge is 0.467 e. The molecule has 1 rings (SSSR count). The summed E-state index contributed by atoms with van der Waals surface area (Å²) >= 11 is 0. The predicted molar refractivity (Wildman–Crippen MR) is 92.9 cm³/mol. The number of unbranched alkanes of at least 4 members (excludes halogenated alkanes) is 1. The van der Waals surface area contributed by atoms with Gasteiger partial charge in [0.2, 0.25) is 11.4 Å². The van der Waals surface area contributed by atoms with E-state index in [9.17, 15) is 14.4 Å². The molecule has 7 nitrogen and oxygen atoms in total. The minimum atomic E-state index is -1.95. The van der Waals surface area contributed by atoms with E-state index >= 15 is 0 Å². The maximum Gasteiger partial charge on any atom is 0.338 e. The summed E-state index contributed by atoms with van der Waals surface area (Å²) < 4.78 is 9.86. The number of aryl methyl sites for hydroxylation is 2. The summed E-state index contributed by atoms with van der Waals surface area (Å²) in [5.74, 6) is -2.25. The number of methoxy groups -OCH3 is 1. The lowest BCUT2D eigenvalue weighted by Gasteiger charge is -2.26. The minimum absolute atomic E-state index is 0.0959. The van der Waals surface area contributed by atoms with Gasteiger partial charge in [-0.25, -0.2) is 9.59 Å². The van der Waals surface area contributed by atoms with Crippen LogP contribution < -0.4 is 11.5 Å². The number of benzene rings is 1. The molecule has 0 radical (unpaired) electrons. The zero-order chi connectivity index (χ0) is 19.2. The van der Waals surface area contributed by atoms with E-state index in [0.29, 0.717) is 28.7 Å². The Kier molecular flexibility index (Phi) is 7.11. The van der Waals surface area contributed by atoms with Gasteiger partial charge in [0.25, 0.3) is 0 Å². The first-order valence-corrected chi connectivity index (χ1v) is 8.11. The standard InChI is InChI=1S/C18H26N2O5/c1-5-6-7-25-17(23)18(20,16(22)24-4)10-14-11(2)8-13(15(19)21)9-12(14)3/h8-9H,5-7,10,20H2,1-4H3,(H2,19,21). The minimum Gasteiger partial charge on any atom is -0.467 e. The maximum atomic E-state index is 12.4. The van der Waals surface area contributed by atoms with Gasteiger partial charge in [-0.1, -0.05) is 13.3 Å². The van der Waals surface area contributed by atoms with Crippen molar-refractivity contribution < 1.29 is 23.9 Å². The molecule has 0 spiro atoms. The van der Waals surface area contributed by atoms with Crippen molar-refractivity contribution in [3.63, 3.8) is 0 Å². The number of rotatable bonds is 8. The van der Waals surface area contributed by atoms with Crippen molar-refractivity contribution in [2.75, 3.05) is 13.7 Å². The van der Waals surface area contributed by atoms with Gasteiger partial charge in [-0.2, -0.15) is 0 Å². The van der Waals surface area contributed by atoms with E-state index in [0.717, 1.165) is 6.42 Å². The van der Waals surface area contributed by atoms with Gasteiger partial charge in [0, 0.05) is 12.0 Å². The van der Waals surface area contributed by atoms with Crippen LogP contribution in [0.5, 0.6) is 0 Å². The van der Waals surface area contributed by atoms with E-state index in [1.165, 1.54) is 7.11 Å². The van der Waals surface area contributed by atoms with E-state index < -0.39 is 23.4 Å². The molecule has 0 aromatic heterocycles. The molecule has 0 saturated heterocycles. The first-order chi connectivity index (χ1) is 11.7. The number of esters is 2. The number of nitrogens with two attached hydrogens (primary N) is 2. The van der Waals surface area contributed by atoms with E-state index in [-0.39, 0.29) is 13.0 Å². The maximum absolute atomic E-state index is 12.4. The lowest BCUT2D eigenvalue weighted by atomic mass is 9.86. The molecule has 0 saturated carbocycles. The summed E-state index contributed by atoms with van der Waals surface area (Å²) in [5, 5.41) is 0. The molecule has 0 fully saturated rings. The van der Waals surface area contributed by atoms with Crippen LogP contribution in [0.4, 0.5) is 0 Å². The lowest BCUT2D eigenvalue weighted by Crippen LogP contribution is -2.58. The van der Waals surface area contributed by atoms with Crippen LogP contribution in [-0.4, -0.2) is 37.1 Å². The molecule has 1 aromatic carbocycles. The highest BCUT2D eigenvalue weighted by Crippen LogP contribution is 2.23. The number of hydrogen-bond donors (Lipinski definition) is 2. The van der Waals surface area contributed by atoms with Crippen LogP contribution in [0.15, 0.2) is 12.1 Å². The first kappa shape index (κ1) is 20.6. The van der Waals surface area contributed by atoms with Crippen molar-refractivity contribution in [3.05, 3.63) is 34.4 Å².